The highest BCUT2D eigenvalue weighted by Crippen LogP contribution is 2.27. The van der Waals surface area contributed by atoms with Gasteiger partial charge in [0.05, 0.1) is 6.26 Å². The molecule has 0 aliphatic carbocycles. The van der Waals surface area contributed by atoms with Gasteiger partial charge in [0, 0.05) is 19.1 Å². The van der Waals surface area contributed by atoms with Crippen LogP contribution in [0.2, 0.25) is 0 Å². The molecule has 4 nitrogen and oxygen atoms in total. The number of hydrogen-bond donors (Lipinski definition) is 1. The quantitative estimate of drug-likeness (QED) is 0.852. The lowest BCUT2D eigenvalue weighted by molar-refractivity contribution is 0.228. The topological polar surface area (TPSA) is 63.4 Å². The minimum Gasteiger partial charge on any atom is -0.327 e. The molecular weight excluding hydrogens is 248 g/mol. The Hall–Kier alpha value is -0.130. The molecular formula is C13H28N2O2S. The number of rotatable bonds is 4. The van der Waals surface area contributed by atoms with Crippen LogP contribution in [0.5, 0.6) is 0 Å². The first-order valence-corrected chi connectivity index (χ1v) is 8.66. The Morgan fingerprint density at radius 2 is 2.00 bits per heavy atom. The smallest absolute Gasteiger partial charge is 0.211 e. The van der Waals surface area contributed by atoms with Crippen molar-refractivity contribution in [2.75, 3.05) is 19.3 Å². The van der Waals surface area contributed by atoms with Crippen molar-refractivity contribution in [2.45, 2.75) is 52.5 Å². The lowest BCUT2D eigenvalue weighted by Crippen LogP contribution is -2.40. The van der Waals surface area contributed by atoms with Crippen LogP contribution in [0.25, 0.3) is 0 Å². The molecule has 1 rings (SSSR count). The van der Waals surface area contributed by atoms with E-state index >= 15 is 0 Å². The summed E-state index contributed by atoms with van der Waals surface area (Å²) in [6.45, 7) is 7.82. The molecule has 0 bridgehead atoms. The largest absolute Gasteiger partial charge is 0.327 e. The van der Waals surface area contributed by atoms with Gasteiger partial charge in [0.25, 0.3) is 0 Å². The Kier molecular flexibility index (Phi) is 5.21. The van der Waals surface area contributed by atoms with Crippen molar-refractivity contribution in [1.29, 1.82) is 0 Å². The average Bonchev–Trinajstić information content (AvgIpc) is 2.23. The molecule has 2 atom stereocenters. The van der Waals surface area contributed by atoms with Crippen molar-refractivity contribution in [2.24, 2.45) is 17.1 Å². The van der Waals surface area contributed by atoms with Crippen molar-refractivity contribution >= 4 is 10.0 Å². The van der Waals surface area contributed by atoms with E-state index in [1.807, 2.05) is 0 Å². The lowest BCUT2D eigenvalue weighted by atomic mass is 9.82. The van der Waals surface area contributed by atoms with E-state index in [1.165, 1.54) is 6.26 Å². The van der Waals surface area contributed by atoms with Gasteiger partial charge in [0.1, 0.15) is 0 Å². The monoisotopic (exact) mass is 276 g/mol. The fourth-order valence-corrected chi connectivity index (χ4v) is 3.35. The fourth-order valence-electron chi connectivity index (χ4n) is 2.41. The normalized spacial score (nSPS) is 25.1. The molecule has 1 saturated heterocycles. The summed E-state index contributed by atoms with van der Waals surface area (Å²) in [6, 6.07) is 0.186. The third kappa shape index (κ3) is 4.86. The second kappa shape index (κ2) is 5.88. The summed E-state index contributed by atoms with van der Waals surface area (Å²) in [5.74, 6) is 0.474. The van der Waals surface area contributed by atoms with Crippen LogP contribution in [0, 0.1) is 11.3 Å². The van der Waals surface area contributed by atoms with E-state index in [4.69, 9.17) is 5.73 Å². The predicted octanol–water partition coefficient (Wildman–Crippen LogP) is 1.81. The van der Waals surface area contributed by atoms with Crippen LogP contribution in [-0.2, 0) is 10.0 Å². The zero-order valence-electron chi connectivity index (χ0n) is 12.1. The van der Waals surface area contributed by atoms with Crippen LogP contribution in [0.4, 0.5) is 0 Å². The summed E-state index contributed by atoms with van der Waals surface area (Å²) in [5.41, 5.74) is 6.29. The van der Waals surface area contributed by atoms with E-state index < -0.39 is 10.0 Å². The standard InChI is InChI=1S/C13H28N2O2S/c1-13(2,3)12(14)8-7-11-6-5-9-15(10-11)18(4,16)17/h11-12H,5-10,14H2,1-4H3. The van der Waals surface area contributed by atoms with Gasteiger partial charge in [-0.15, -0.1) is 0 Å². The van der Waals surface area contributed by atoms with Gasteiger partial charge in [-0.2, -0.15) is 0 Å². The van der Waals surface area contributed by atoms with Crippen molar-refractivity contribution < 1.29 is 8.42 Å². The summed E-state index contributed by atoms with van der Waals surface area (Å²) >= 11 is 0. The second-order valence-electron chi connectivity index (χ2n) is 6.68. The van der Waals surface area contributed by atoms with E-state index in [0.29, 0.717) is 19.0 Å². The van der Waals surface area contributed by atoms with Crippen LogP contribution < -0.4 is 5.73 Å². The van der Waals surface area contributed by atoms with E-state index in [-0.39, 0.29) is 11.5 Å². The molecule has 1 heterocycles. The maximum absolute atomic E-state index is 11.5. The second-order valence-corrected chi connectivity index (χ2v) is 8.66. The van der Waals surface area contributed by atoms with Gasteiger partial charge < -0.3 is 5.73 Å². The number of nitrogens with zero attached hydrogens (tertiary/aromatic N) is 1. The molecule has 5 heteroatoms. The molecule has 0 saturated carbocycles. The first-order valence-electron chi connectivity index (χ1n) is 6.81. The van der Waals surface area contributed by atoms with Gasteiger partial charge >= 0.3 is 0 Å². The Labute approximate surface area is 112 Å². The third-order valence-electron chi connectivity index (χ3n) is 3.95. The van der Waals surface area contributed by atoms with Crippen molar-refractivity contribution in [3.05, 3.63) is 0 Å². The summed E-state index contributed by atoms with van der Waals surface area (Å²) in [7, 11) is -3.02. The summed E-state index contributed by atoms with van der Waals surface area (Å²) in [6.07, 6.45) is 5.41. The molecule has 0 aromatic rings. The highest BCUT2D eigenvalue weighted by Gasteiger charge is 2.27. The number of piperidine rings is 1. The molecule has 0 aromatic carbocycles. The van der Waals surface area contributed by atoms with Crippen molar-refractivity contribution in [1.82, 2.24) is 4.31 Å². The minimum atomic E-state index is -3.02. The maximum atomic E-state index is 11.5. The highest BCUT2D eigenvalue weighted by atomic mass is 32.2. The van der Waals surface area contributed by atoms with E-state index in [9.17, 15) is 8.42 Å². The van der Waals surface area contributed by atoms with Gasteiger partial charge in [0.2, 0.25) is 10.0 Å². The van der Waals surface area contributed by atoms with Crippen LogP contribution >= 0.6 is 0 Å². The number of nitrogens with two attached hydrogens (primary N) is 1. The molecule has 1 fully saturated rings. The third-order valence-corrected chi connectivity index (χ3v) is 5.22. The van der Waals surface area contributed by atoms with Crippen LogP contribution in [-0.4, -0.2) is 38.1 Å². The van der Waals surface area contributed by atoms with Gasteiger partial charge in [-0.05, 0) is 37.0 Å². The van der Waals surface area contributed by atoms with Gasteiger partial charge in [0.15, 0.2) is 0 Å². The van der Waals surface area contributed by atoms with Gasteiger partial charge in [-0.25, -0.2) is 12.7 Å². The van der Waals surface area contributed by atoms with Gasteiger partial charge in [-0.1, -0.05) is 20.8 Å². The molecule has 0 amide bonds. The molecule has 0 radical (unpaired) electrons. The van der Waals surface area contributed by atoms with Crippen LogP contribution in [0.1, 0.15) is 46.5 Å². The minimum absolute atomic E-state index is 0.130. The molecule has 2 N–H and O–H groups in total. The first-order chi connectivity index (χ1) is 8.10. The van der Waals surface area contributed by atoms with Crippen LogP contribution in [0.3, 0.4) is 0 Å². The molecule has 1 aliphatic rings. The Balaban J connectivity index is 2.44. The van der Waals surface area contributed by atoms with E-state index in [2.05, 4.69) is 20.8 Å². The summed E-state index contributed by atoms with van der Waals surface area (Å²) in [4.78, 5) is 0. The molecule has 0 aromatic heterocycles. The molecule has 108 valence electrons. The zero-order valence-corrected chi connectivity index (χ0v) is 13.0. The average molecular weight is 276 g/mol. The summed E-state index contributed by atoms with van der Waals surface area (Å²) in [5, 5.41) is 0. The lowest BCUT2D eigenvalue weighted by Gasteiger charge is -2.33. The van der Waals surface area contributed by atoms with E-state index in [1.54, 1.807) is 4.31 Å². The molecule has 2 unspecified atom stereocenters. The SMILES string of the molecule is CC(C)(C)C(N)CCC1CCCN(S(C)(=O)=O)C1. The predicted molar refractivity (Wildman–Crippen MR) is 75.8 cm³/mol. The Bertz CT molecular complexity index is 360. The fraction of sp³-hybridized carbons (Fsp3) is 1.00. The van der Waals surface area contributed by atoms with Crippen LogP contribution in [0.15, 0.2) is 0 Å². The zero-order chi connectivity index (χ0) is 14.0. The Morgan fingerprint density at radius 1 is 1.39 bits per heavy atom. The molecule has 1 aliphatic heterocycles. The van der Waals surface area contributed by atoms with Gasteiger partial charge in [-0.3, -0.25) is 0 Å². The highest BCUT2D eigenvalue weighted by molar-refractivity contribution is 7.88. The van der Waals surface area contributed by atoms with Crippen molar-refractivity contribution in [3.8, 4) is 0 Å². The molecule has 0 spiro atoms. The Morgan fingerprint density at radius 3 is 2.50 bits per heavy atom. The maximum Gasteiger partial charge on any atom is 0.211 e. The molecule has 18 heavy (non-hydrogen) atoms. The first kappa shape index (κ1) is 15.9. The van der Waals surface area contributed by atoms with E-state index in [0.717, 1.165) is 25.7 Å². The number of hydrogen-bond acceptors (Lipinski definition) is 3. The summed E-state index contributed by atoms with van der Waals surface area (Å²) < 4.78 is 24.7. The number of sulfonamides is 1. The van der Waals surface area contributed by atoms with Crippen molar-refractivity contribution in [3.63, 3.8) is 0 Å².